The van der Waals surface area contributed by atoms with Gasteiger partial charge < -0.3 is 24.2 Å². The Morgan fingerprint density at radius 3 is 2.45 bits per heavy atom. The normalized spacial score (nSPS) is 25.9. The van der Waals surface area contributed by atoms with Crippen molar-refractivity contribution in [3.05, 3.63) is 23.8 Å². The quantitative estimate of drug-likeness (QED) is 0.665. The summed E-state index contributed by atoms with van der Waals surface area (Å²) in [4.78, 5) is 25.9. The minimum atomic E-state index is -0.855. The van der Waals surface area contributed by atoms with Gasteiger partial charge in [0, 0.05) is 31.3 Å². The number of aliphatic hydroxyl groups is 1. The summed E-state index contributed by atoms with van der Waals surface area (Å²) in [5, 5.41) is 10.6. The summed E-state index contributed by atoms with van der Waals surface area (Å²) in [5.41, 5.74) is 0.442. The van der Waals surface area contributed by atoms with Crippen LogP contribution in [0.15, 0.2) is 18.2 Å². The van der Waals surface area contributed by atoms with Crippen LogP contribution in [0.4, 0.5) is 0 Å². The number of amides is 1. The van der Waals surface area contributed by atoms with Gasteiger partial charge in [0.15, 0.2) is 17.6 Å². The Morgan fingerprint density at radius 2 is 1.87 bits per heavy atom. The van der Waals surface area contributed by atoms with Crippen LogP contribution >= 0.6 is 0 Å². The Morgan fingerprint density at radius 1 is 1.19 bits per heavy atom. The van der Waals surface area contributed by atoms with Gasteiger partial charge in [-0.3, -0.25) is 9.59 Å². The van der Waals surface area contributed by atoms with Crippen molar-refractivity contribution in [3.63, 3.8) is 0 Å². The molecular weight excluding hydrogens is 398 g/mol. The van der Waals surface area contributed by atoms with Gasteiger partial charge in [-0.25, -0.2) is 0 Å². The number of hydrogen-bond acceptors (Lipinski definition) is 6. The highest BCUT2D eigenvalue weighted by Gasteiger charge is 2.49. The number of benzene rings is 1. The van der Waals surface area contributed by atoms with Crippen LogP contribution in [-0.2, 0) is 14.3 Å². The van der Waals surface area contributed by atoms with Crippen LogP contribution in [0.3, 0.4) is 0 Å². The second-order valence-electron chi connectivity index (χ2n) is 9.14. The smallest absolute Gasteiger partial charge is 0.303 e. The van der Waals surface area contributed by atoms with Gasteiger partial charge in [0.1, 0.15) is 0 Å². The lowest BCUT2D eigenvalue weighted by atomic mass is 9.72. The first-order valence-electron chi connectivity index (χ1n) is 11.1. The maximum absolute atomic E-state index is 12.9. The molecule has 1 amide bonds. The number of methoxy groups -OCH3 is 1. The highest BCUT2D eigenvalue weighted by atomic mass is 16.5. The third-order valence-electron chi connectivity index (χ3n) is 6.87. The van der Waals surface area contributed by atoms with E-state index in [1.54, 1.807) is 25.9 Å². The Bertz CT molecular complexity index is 803. The average Bonchev–Trinajstić information content (AvgIpc) is 3.35. The molecule has 1 saturated carbocycles. The molecule has 4 atom stereocenters. The largest absolute Gasteiger partial charge is 0.493 e. The first-order chi connectivity index (χ1) is 14.7. The van der Waals surface area contributed by atoms with E-state index >= 15 is 0 Å². The standard InChI is InChI=1S/C24H35NO6/c1-15(30-17(3)27)23(28)25-13-20(24(4,14-25)16(2)26)18-10-11-21(29-5)22(12-18)31-19-8-6-7-9-19/h10-12,15-16,19-20,26H,6-9,13-14H2,1-5H3/t15?,16-,20+,24+/m1/s1. The van der Waals surface area contributed by atoms with Crippen LogP contribution in [0.25, 0.3) is 0 Å². The second-order valence-corrected chi connectivity index (χ2v) is 9.14. The number of carbonyl (C=O) groups is 2. The number of rotatable bonds is 7. The lowest BCUT2D eigenvalue weighted by molar-refractivity contribution is -0.157. The van der Waals surface area contributed by atoms with Crippen molar-refractivity contribution in [3.8, 4) is 11.5 Å². The highest BCUT2D eigenvalue weighted by Crippen LogP contribution is 2.47. The fourth-order valence-corrected chi connectivity index (χ4v) is 4.84. The van der Waals surface area contributed by atoms with Crippen molar-refractivity contribution in [2.75, 3.05) is 20.2 Å². The summed E-state index contributed by atoms with van der Waals surface area (Å²) >= 11 is 0. The van der Waals surface area contributed by atoms with Gasteiger partial charge in [0.2, 0.25) is 0 Å². The highest BCUT2D eigenvalue weighted by molar-refractivity contribution is 5.83. The molecule has 7 nitrogen and oxygen atoms in total. The van der Waals surface area contributed by atoms with Crippen LogP contribution in [0.2, 0.25) is 0 Å². The molecule has 1 aromatic rings. The van der Waals surface area contributed by atoms with Crippen LogP contribution in [-0.4, -0.2) is 60.4 Å². The lowest BCUT2D eigenvalue weighted by Gasteiger charge is -2.34. The number of likely N-dealkylation sites (tertiary alicyclic amines) is 1. The lowest BCUT2D eigenvalue weighted by Crippen LogP contribution is -2.41. The van der Waals surface area contributed by atoms with Gasteiger partial charge >= 0.3 is 5.97 Å². The minimum absolute atomic E-state index is 0.0992. The summed E-state index contributed by atoms with van der Waals surface area (Å²) in [6, 6.07) is 5.87. The zero-order valence-corrected chi connectivity index (χ0v) is 19.2. The zero-order valence-electron chi connectivity index (χ0n) is 19.2. The molecule has 31 heavy (non-hydrogen) atoms. The topological polar surface area (TPSA) is 85.3 Å². The third kappa shape index (κ3) is 4.97. The number of carbonyl (C=O) groups excluding carboxylic acids is 2. The molecular formula is C24H35NO6. The van der Waals surface area contributed by atoms with Crippen LogP contribution in [0.1, 0.15) is 64.9 Å². The van der Waals surface area contributed by atoms with Crippen molar-refractivity contribution in [1.82, 2.24) is 4.90 Å². The predicted molar refractivity (Wildman–Crippen MR) is 116 cm³/mol. The Balaban J connectivity index is 1.88. The van der Waals surface area contributed by atoms with Crippen LogP contribution < -0.4 is 9.47 Å². The fraction of sp³-hybridized carbons (Fsp3) is 0.667. The fourth-order valence-electron chi connectivity index (χ4n) is 4.84. The average molecular weight is 434 g/mol. The maximum atomic E-state index is 12.9. The molecule has 7 heteroatoms. The number of ether oxygens (including phenoxy) is 3. The second kappa shape index (κ2) is 9.47. The van der Waals surface area contributed by atoms with Gasteiger partial charge in [-0.1, -0.05) is 13.0 Å². The maximum Gasteiger partial charge on any atom is 0.303 e. The van der Waals surface area contributed by atoms with E-state index in [0.29, 0.717) is 24.6 Å². The summed E-state index contributed by atoms with van der Waals surface area (Å²) in [5.74, 6) is 0.554. The first-order valence-corrected chi connectivity index (χ1v) is 11.1. The van der Waals surface area contributed by atoms with Gasteiger partial charge in [-0.15, -0.1) is 0 Å². The first kappa shape index (κ1) is 23.4. The Hall–Kier alpha value is -2.28. The van der Waals surface area contributed by atoms with E-state index in [9.17, 15) is 14.7 Å². The number of aliphatic hydroxyl groups excluding tert-OH is 1. The van der Waals surface area contributed by atoms with Crippen LogP contribution in [0.5, 0.6) is 11.5 Å². The molecule has 1 unspecified atom stereocenters. The van der Waals surface area contributed by atoms with E-state index in [1.165, 1.54) is 19.8 Å². The molecule has 0 bridgehead atoms. The molecule has 1 aliphatic heterocycles. The molecule has 1 saturated heterocycles. The van der Waals surface area contributed by atoms with Crippen molar-refractivity contribution in [2.24, 2.45) is 5.41 Å². The van der Waals surface area contributed by atoms with Gasteiger partial charge in [0.25, 0.3) is 5.91 Å². The number of hydrogen-bond donors (Lipinski definition) is 1. The monoisotopic (exact) mass is 433 g/mol. The van der Waals surface area contributed by atoms with Crippen molar-refractivity contribution < 1.29 is 28.9 Å². The predicted octanol–water partition coefficient (Wildman–Crippen LogP) is 3.28. The molecule has 0 aromatic heterocycles. The van der Waals surface area contributed by atoms with Gasteiger partial charge in [0.05, 0.1) is 19.3 Å². The summed E-state index contributed by atoms with van der Waals surface area (Å²) in [6.07, 6.45) is 3.13. The zero-order chi connectivity index (χ0) is 22.8. The summed E-state index contributed by atoms with van der Waals surface area (Å²) in [7, 11) is 1.63. The van der Waals surface area contributed by atoms with Gasteiger partial charge in [-0.05, 0) is 57.2 Å². The molecule has 2 aliphatic rings. The Labute approximate surface area is 184 Å². The van der Waals surface area contributed by atoms with E-state index in [0.717, 1.165) is 18.4 Å². The van der Waals surface area contributed by atoms with E-state index in [-0.39, 0.29) is 17.9 Å². The molecule has 1 N–H and O–H groups in total. The number of nitrogens with zero attached hydrogens (tertiary/aromatic N) is 1. The molecule has 1 aliphatic carbocycles. The minimum Gasteiger partial charge on any atom is -0.493 e. The molecule has 2 fully saturated rings. The van der Waals surface area contributed by atoms with E-state index in [2.05, 4.69) is 0 Å². The molecule has 3 rings (SSSR count). The van der Waals surface area contributed by atoms with E-state index in [1.807, 2.05) is 25.1 Å². The molecule has 1 aromatic carbocycles. The molecule has 0 radical (unpaired) electrons. The Kier molecular flexibility index (Phi) is 7.14. The van der Waals surface area contributed by atoms with Crippen molar-refractivity contribution >= 4 is 11.9 Å². The third-order valence-corrected chi connectivity index (χ3v) is 6.87. The molecule has 0 spiro atoms. The summed E-state index contributed by atoms with van der Waals surface area (Å²) < 4.78 is 16.9. The molecule has 1 heterocycles. The molecule has 172 valence electrons. The van der Waals surface area contributed by atoms with Crippen molar-refractivity contribution in [1.29, 1.82) is 0 Å². The van der Waals surface area contributed by atoms with Crippen molar-refractivity contribution in [2.45, 2.75) is 77.6 Å². The number of esters is 1. The van der Waals surface area contributed by atoms with Crippen LogP contribution in [0, 0.1) is 5.41 Å². The van der Waals surface area contributed by atoms with Gasteiger partial charge in [-0.2, -0.15) is 0 Å². The van der Waals surface area contributed by atoms with E-state index < -0.39 is 23.6 Å². The SMILES string of the molecule is COc1ccc([C@@H]2CN(C(=O)C(C)OC(C)=O)C[C@@]2(C)[C@@H](C)O)cc1OC1CCCC1. The summed E-state index contributed by atoms with van der Waals surface area (Å²) in [6.45, 7) is 7.44. The van der Waals surface area contributed by atoms with E-state index in [4.69, 9.17) is 14.2 Å².